The number of carbonyl (C=O) groups is 2. The molecular formula is C14H16N2O4S. The second-order valence-corrected chi connectivity index (χ2v) is 7.73. The first-order chi connectivity index (χ1) is 9.94. The van der Waals surface area contributed by atoms with E-state index < -0.39 is 15.8 Å². The van der Waals surface area contributed by atoms with Crippen LogP contribution in [0.1, 0.15) is 24.3 Å². The van der Waals surface area contributed by atoms with Crippen molar-refractivity contribution >= 4 is 27.3 Å². The third-order valence-electron chi connectivity index (χ3n) is 3.90. The monoisotopic (exact) mass is 308 g/mol. The topological polar surface area (TPSA) is 92.3 Å². The predicted molar refractivity (Wildman–Crippen MR) is 77.6 cm³/mol. The zero-order valence-corrected chi connectivity index (χ0v) is 12.2. The van der Waals surface area contributed by atoms with Gasteiger partial charge in [-0.3, -0.25) is 9.59 Å². The van der Waals surface area contributed by atoms with Crippen LogP contribution in [-0.2, 0) is 19.4 Å². The van der Waals surface area contributed by atoms with E-state index in [9.17, 15) is 18.0 Å². The Morgan fingerprint density at radius 1 is 1.29 bits per heavy atom. The normalized spacial score (nSPS) is 26.8. The average molecular weight is 308 g/mol. The molecule has 1 aromatic carbocycles. The molecule has 1 fully saturated rings. The molecule has 21 heavy (non-hydrogen) atoms. The molecule has 2 heterocycles. The fourth-order valence-electron chi connectivity index (χ4n) is 2.86. The molecule has 1 saturated heterocycles. The minimum atomic E-state index is -3.04. The molecule has 0 spiro atoms. The van der Waals surface area contributed by atoms with Gasteiger partial charge in [0.05, 0.1) is 17.4 Å². The number of hydrogen-bond acceptors (Lipinski definition) is 4. The van der Waals surface area contributed by atoms with Crippen molar-refractivity contribution in [2.75, 3.05) is 16.8 Å². The number of anilines is 1. The highest BCUT2D eigenvalue weighted by Crippen LogP contribution is 2.32. The number of benzene rings is 1. The summed E-state index contributed by atoms with van der Waals surface area (Å²) in [7, 11) is -3.04. The third kappa shape index (κ3) is 2.92. The number of hydrogen-bond donors (Lipinski definition) is 2. The van der Waals surface area contributed by atoms with E-state index in [1.807, 2.05) is 12.1 Å². The Labute approximate surface area is 122 Å². The smallest absolute Gasteiger partial charge is 0.228 e. The van der Waals surface area contributed by atoms with Crippen LogP contribution in [0.2, 0.25) is 0 Å². The van der Waals surface area contributed by atoms with Gasteiger partial charge in [0.1, 0.15) is 0 Å². The van der Waals surface area contributed by atoms with E-state index in [2.05, 4.69) is 10.6 Å². The lowest BCUT2D eigenvalue weighted by atomic mass is 9.89. The summed E-state index contributed by atoms with van der Waals surface area (Å²) in [5, 5.41) is 5.50. The summed E-state index contributed by atoms with van der Waals surface area (Å²) >= 11 is 0. The summed E-state index contributed by atoms with van der Waals surface area (Å²) in [5.74, 6) is -0.940. The van der Waals surface area contributed by atoms with Crippen molar-refractivity contribution in [3.63, 3.8) is 0 Å². The Balaban J connectivity index is 1.78. The van der Waals surface area contributed by atoms with Crippen LogP contribution < -0.4 is 10.6 Å². The minimum Gasteiger partial charge on any atom is -0.352 e. The fourth-order valence-corrected chi connectivity index (χ4v) is 4.53. The SMILES string of the molecule is O=C1C[C@@H](C(=O)N[C@H]2CCS(=O)(=O)C2)c2ccccc2N1. The van der Waals surface area contributed by atoms with Gasteiger partial charge < -0.3 is 10.6 Å². The van der Waals surface area contributed by atoms with Gasteiger partial charge in [0.25, 0.3) is 0 Å². The van der Waals surface area contributed by atoms with Crippen LogP contribution in [0.5, 0.6) is 0 Å². The number of carbonyl (C=O) groups excluding carboxylic acids is 2. The Morgan fingerprint density at radius 3 is 2.76 bits per heavy atom. The Morgan fingerprint density at radius 2 is 2.05 bits per heavy atom. The Kier molecular flexibility index (Phi) is 3.44. The standard InChI is InChI=1S/C14H16N2O4S/c17-13-7-11(10-3-1-2-4-12(10)16-13)14(18)15-9-5-6-21(19,20)8-9/h1-4,9,11H,5-8H2,(H,15,18)(H,16,17)/t9-,11+/m0/s1. The molecule has 7 heteroatoms. The molecule has 0 saturated carbocycles. The molecule has 0 aliphatic carbocycles. The molecule has 0 unspecified atom stereocenters. The van der Waals surface area contributed by atoms with E-state index in [0.717, 1.165) is 5.56 Å². The minimum absolute atomic E-state index is 0.0146. The highest BCUT2D eigenvalue weighted by atomic mass is 32.2. The highest BCUT2D eigenvalue weighted by molar-refractivity contribution is 7.91. The lowest BCUT2D eigenvalue weighted by Gasteiger charge is -2.25. The van der Waals surface area contributed by atoms with E-state index in [0.29, 0.717) is 12.1 Å². The number of nitrogens with one attached hydrogen (secondary N) is 2. The summed E-state index contributed by atoms with van der Waals surface area (Å²) in [4.78, 5) is 24.1. The first-order valence-corrected chi connectivity index (χ1v) is 8.66. The molecule has 2 amide bonds. The Hall–Kier alpha value is -1.89. The maximum Gasteiger partial charge on any atom is 0.228 e. The van der Waals surface area contributed by atoms with Crippen LogP contribution in [0.25, 0.3) is 0 Å². The first kappa shape index (κ1) is 14.1. The molecule has 0 radical (unpaired) electrons. The maximum atomic E-state index is 12.4. The van der Waals surface area contributed by atoms with Crippen LogP contribution in [-0.4, -0.2) is 37.8 Å². The van der Waals surface area contributed by atoms with Gasteiger partial charge in [0.15, 0.2) is 9.84 Å². The molecule has 0 aromatic heterocycles. The zero-order chi connectivity index (χ0) is 15.0. The van der Waals surface area contributed by atoms with E-state index in [1.54, 1.807) is 12.1 Å². The molecule has 2 atom stereocenters. The van der Waals surface area contributed by atoms with Crippen molar-refractivity contribution in [1.82, 2.24) is 5.32 Å². The van der Waals surface area contributed by atoms with E-state index in [1.165, 1.54) is 0 Å². The fraction of sp³-hybridized carbons (Fsp3) is 0.429. The van der Waals surface area contributed by atoms with Crippen molar-refractivity contribution in [3.05, 3.63) is 29.8 Å². The van der Waals surface area contributed by atoms with Crippen molar-refractivity contribution < 1.29 is 18.0 Å². The Bertz CT molecular complexity index is 699. The molecule has 0 bridgehead atoms. The van der Waals surface area contributed by atoms with E-state index in [-0.39, 0.29) is 35.8 Å². The van der Waals surface area contributed by atoms with E-state index in [4.69, 9.17) is 0 Å². The van der Waals surface area contributed by atoms with Crippen molar-refractivity contribution in [3.8, 4) is 0 Å². The third-order valence-corrected chi connectivity index (χ3v) is 5.66. The van der Waals surface area contributed by atoms with Crippen molar-refractivity contribution in [2.24, 2.45) is 0 Å². The van der Waals surface area contributed by atoms with Crippen LogP contribution in [0.15, 0.2) is 24.3 Å². The highest BCUT2D eigenvalue weighted by Gasteiger charge is 2.34. The van der Waals surface area contributed by atoms with Gasteiger partial charge in [-0.25, -0.2) is 8.42 Å². The number of fused-ring (bicyclic) bond motifs is 1. The van der Waals surface area contributed by atoms with Gasteiger partial charge in [-0.05, 0) is 18.1 Å². The maximum absolute atomic E-state index is 12.4. The molecule has 3 rings (SSSR count). The first-order valence-electron chi connectivity index (χ1n) is 6.84. The summed E-state index contributed by atoms with van der Waals surface area (Å²) in [6.07, 6.45) is 0.525. The van der Waals surface area contributed by atoms with Gasteiger partial charge in [-0.2, -0.15) is 0 Å². The van der Waals surface area contributed by atoms with Crippen molar-refractivity contribution in [2.45, 2.75) is 24.8 Å². The molecule has 2 aliphatic rings. The van der Waals surface area contributed by atoms with Crippen molar-refractivity contribution in [1.29, 1.82) is 0 Å². The quantitative estimate of drug-likeness (QED) is 0.828. The summed E-state index contributed by atoms with van der Waals surface area (Å²) in [6, 6.07) is 6.83. The molecule has 2 N–H and O–H groups in total. The van der Waals surface area contributed by atoms with Gasteiger partial charge in [-0.1, -0.05) is 18.2 Å². The number of para-hydroxylation sites is 1. The van der Waals surface area contributed by atoms with Gasteiger partial charge in [-0.15, -0.1) is 0 Å². The summed E-state index contributed by atoms with van der Waals surface area (Å²) in [6.45, 7) is 0. The van der Waals surface area contributed by atoms with Crippen LogP contribution >= 0.6 is 0 Å². The van der Waals surface area contributed by atoms with E-state index >= 15 is 0 Å². The number of rotatable bonds is 2. The molecule has 1 aromatic rings. The predicted octanol–water partition coefficient (Wildman–Crippen LogP) is 0.416. The lowest BCUT2D eigenvalue weighted by Crippen LogP contribution is -2.41. The zero-order valence-electron chi connectivity index (χ0n) is 11.3. The van der Waals surface area contributed by atoms with Gasteiger partial charge in [0.2, 0.25) is 11.8 Å². The average Bonchev–Trinajstić information content (AvgIpc) is 2.76. The molecule has 2 aliphatic heterocycles. The van der Waals surface area contributed by atoms with Crippen LogP contribution in [0.3, 0.4) is 0 Å². The molecule has 6 nitrogen and oxygen atoms in total. The number of amides is 2. The van der Waals surface area contributed by atoms with Gasteiger partial charge >= 0.3 is 0 Å². The molecule has 112 valence electrons. The lowest BCUT2D eigenvalue weighted by molar-refractivity contribution is -0.126. The molecular weight excluding hydrogens is 292 g/mol. The second-order valence-electron chi connectivity index (χ2n) is 5.50. The van der Waals surface area contributed by atoms with Crippen LogP contribution in [0.4, 0.5) is 5.69 Å². The largest absolute Gasteiger partial charge is 0.352 e. The number of sulfone groups is 1. The summed E-state index contributed by atoms with van der Waals surface area (Å²) < 4.78 is 22.9. The van der Waals surface area contributed by atoms with Gasteiger partial charge in [0, 0.05) is 18.2 Å². The summed E-state index contributed by atoms with van der Waals surface area (Å²) in [5.41, 5.74) is 1.42. The van der Waals surface area contributed by atoms with Crippen LogP contribution in [0, 0.1) is 0 Å². The second kappa shape index (κ2) is 5.14.